The summed E-state index contributed by atoms with van der Waals surface area (Å²) in [6, 6.07) is 6.87. The molecular formula is C14H18F3NO3. The Bertz CT molecular complexity index is 475. The minimum atomic E-state index is -4.28. The molecule has 1 aliphatic rings. The molecule has 0 radical (unpaired) electrons. The normalized spacial score (nSPS) is 18.1. The first-order valence-corrected chi connectivity index (χ1v) is 6.63. The van der Waals surface area contributed by atoms with E-state index in [2.05, 4.69) is 5.32 Å². The molecule has 0 aliphatic heterocycles. The maximum atomic E-state index is 12.7. The molecule has 1 saturated carbocycles. The van der Waals surface area contributed by atoms with Crippen molar-refractivity contribution in [2.24, 2.45) is 0 Å². The second-order valence-corrected chi connectivity index (χ2v) is 5.08. The van der Waals surface area contributed by atoms with Gasteiger partial charge in [0, 0.05) is 6.54 Å². The van der Waals surface area contributed by atoms with Crippen molar-refractivity contribution in [3.8, 4) is 11.5 Å². The molecule has 1 unspecified atom stereocenters. The zero-order valence-corrected chi connectivity index (χ0v) is 11.6. The van der Waals surface area contributed by atoms with E-state index in [0.717, 1.165) is 0 Å². The highest BCUT2D eigenvalue weighted by molar-refractivity contribution is 5.39. The number of alkyl halides is 3. The highest BCUT2D eigenvalue weighted by atomic mass is 19.4. The summed E-state index contributed by atoms with van der Waals surface area (Å²) in [6.07, 6.45) is -5.21. The van der Waals surface area contributed by atoms with Crippen LogP contribution in [0.4, 0.5) is 13.2 Å². The molecule has 0 saturated heterocycles. The topological polar surface area (TPSA) is 50.7 Å². The maximum absolute atomic E-state index is 12.7. The van der Waals surface area contributed by atoms with Crippen molar-refractivity contribution in [3.63, 3.8) is 0 Å². The quantitative estimate of drug-likeness (QED) is 0.810. The fourth-order valence-electron chi connectivity index (χ4n) is 1.98. The van der Waals surface area contributed by atoms with Gasteiger partial charge in [-0.05, 0) is 25.0 Å². The third-order valence-electron chi connectivity index (χ3n) is 3.47. The van der Waals surface area contributed by atoms with Gasteiger partial charge in [-0.3, -0.25) is 0 Å². The van der Waals surface area contributed by atoms with E-state index in [1.54, 1.807) is 24.3 Å². The largest absolute Gasteiger partial charge is 0.493 e. The zero-order valence-electron chi connectivity index (χ0n) is 11.6. The summed E-state index contributed by atoms with van der Waals surface area (Å²) in [4.78, 5) is 0. The molecule has 1 aliphatic carbocycles. The molecule has 0 bridgehead atoms. The summed E-state index contributed by atoms with van der Waals surface area (Å²) in [5.74, 6) is 0.947. The van der Waals surface area contributed by atoms with Crippen molar-refractivity contribution in [1.82, 2.24) is 5.32 Å². The SMILES string of the molecule is COc1ccccc1OCC(O)CNC1(C(F)(F)F)CC1. The summed E-state index contributed by atoms with van der Waals surface area (Å²) in [5.41, 5.74) is -1.82. The lowest BCUT2D eigenvalue weighted by Crippen LogP contribution is -2.48. The molecule has 1 fully saturated rings. The molecule has 0 amide bonds. The van der Waals surface area contributed by atoms with E-state index < -0.39 is 17.8 Å². The predicted octanol–water partition coefficient (Wildman–Crippen LogP) is 2.12. The Kier molecular flexibility index (Phi) is 4.63. The molecule has 0 heterocycles. The van der Waals surface area contributed by atoms with Crippen LogP contribution in [-0.2, 0) is 0 Å². The standard InChI is InChI=1S/C14H18F3NO3/c1-20-11-4-2-3-5-12(11)21-9-10(19)8-18-13(6-7-13)14(15,16)17/h2-5,10,18-19H,6-9H2,1H3. The highest BCUT2D eigenvalue weighted by Gasteiger charge is 2.63. The summed E-state index contributed by atoms with van der Waals surface area (Å²) < 4.78 is 48.6. The second-order valence-electron chi connectivity index (χ2n) is 5.08. The van der Waals surface area contributed by atoms with Crippen LogP contribution < -0.4 is 14.8 Å². The van der Waals surface area contributed by atoms with E-state index in [1.165, 1.54) is 7.11 Å². The Morgan fingerprint density at radius 1 is 1.29 bits per heavy atom. The van der Waals surface area contributed by atoms with Crippen LogP contribution in [0.1, 0.15) is 12.8 Å². The maximum Gasteiger partial charge on any atom is 0.406 e. The molecule has 2 rings (SSSR count). The molecule has 4 nitrogen and oxygen atoms in total. The van der Waals surface area contributed by atoms with Gasteiger partial charge >= 0.3 is 6.18 Å². The van der Waals surface area contributed by atoms with Crippen LogP contribution in [-0.4, -0.2) is 43.2 Å². The van der Waals surface area contributed by atoms with Crippen molar-refractivity contribution in [3.05, 3.63) is 24.3 Å². The molecule has 1 aromatic carbocycles. The van der Waals surface area contributed by atoms with Gasteiger partial charge in [-0.25, -0.2) is 0 Å². The number of aliphatic hydroxyl groups is 1. The third-order valence-corrected chi connectivity index (χ3v) is 3.47. The molecule has 7 heteroatoms. The van der Waals surface area contributed by atoms with Gasteiger partial charge in [-0.1, -0.05) is 12.1 Å². The predicted molar refractivity (Wildman–Crippen MR) is 70.5 cm³/mol. The average Bonchev–Trinajstić information content (AvgIpc) is 3.24. The van der Waals surface area contributed by atoms with Gasteiger partial charge in [0.15, 0.2) is 11.5 Å². The van der Waals surface area contributed by atoms with Gasteiger partial charge in [0.2, 0.25) is 0 Å². The van der Waals surface area contributed by atoms with Gasteiger partial charge in [0.05, 0.1) is 7.11 Å². The van der Waals surface area contributed by atoms with Crippen LogP contribution in [0.25, 0.3) is 0 Å². The Hall–Kier alpha value is -1.47. The zero-order chi connectivity index (χ0) is 15.5. The number of ether oxygens (including phenoxy) is 2. The van der Waals surface area contributed by atoms with E-state index in [-0.39, 0.29) is 26.0 Å². The molecule has 1 atom stereocenters. The molecule has 1 aromatic rings. The smallest absolute Gasteiger partial charge is 0.406 e. The molecule has 21 heavy (non-hydrogen) atoms. The van der Waals surface area contributed by atoms with Crippen molar-refractivity contribution in [2.75, 3.05) is 20.3 Å². The molecule has 0 aromatic heterocycles. The fourth-order valence-corrected chi connectivity index (χ4v) is 1.98. The fraction of sp³-hybridized carbons (Fsp3) is 0.571. The minimum Gasteiger partial charge on any atom is -0.493 e. The van der Waals surface area contributed by atoms with E-state index in [0.29, 0.717) is 11.5 Å². The van der Waals surface area contributed by atoms with Crippen LogP contribution >= 0.6 is 0 Å². The van der Waals surface area contributed by atoms with E-state index in [1.807, 2.05) is 0 Å². The third kappa shape index (κ3) is 3.79. The van der Waals surface area contributed by atoms with Gasteiger partial charge in [0.25, 0.3) is 0 Å². The van der Waals surface area contributed by atoms with Crippen molar-refractivity contribution >= 4 is 0 Å². The number of hydrogen-bond acceptors (Lipinski definition) is 4. The lowest BCUT2D eigenvalue weighted by atomic mass is 10.2. The van der Waals surface area contributed by atoms with Crippen LogP contribution in [0, 0.1) is 0 Å². The lowest BCUT2D eigenvalue weighted by Gasteiger charge is -2.22. The summed E-state index contributed by atoms with van der Waals surface area (Å²) >= 11 is 0. The van der Waals surface area contributed by atoms with Crippen LogP contribution in [0.5, 0.6) is 11.5 Å². The Morgan fingerprint density at radius 3 is 2.43 bits per heavy atom. The first-order chi connectivity index (χ1) is 9.88. The molecular weight excluding hydrogens is 287 g/mol. The summed E-state index contributed by atoms with van der Waals surface area (Å²) in [7, 11) is 1.49. The number of rotatable bonds is 7. The number of benzene rings is 1. The number of aliphatic hydroxyl groups excluding tert-OH is 1. The second kappa shape index (κ2) is 6.11. The highest BCUT2D eigenvalue weighted by Crippen LogP contribution is 2.48. The molecule has 118 valence electrons. The molecule has 0 spiro atoms. The van der Waals surface area contributed by atoms with Gasteiger partial charge in [-0.15, -0.1) is 0 Å². The number of halogens is 3. The van der Waals surface area contributed by atoms with E-state index >= 15 is 0 Å². The van der Waals surface area contributed by atoms with E-state index in [9.17, 15) is 18.3 Å². The number of methoxy groups -OCH3 is 1. The number of nitrogens with one attached hydrogen (secondary N) is 1. The number of β-amino-alcohol motifs (C(OH)–C–C–N with tert-alkyl or cyclic N) is 1. The van der Waals surface area contributed by atoms with Crippen LogP contribution in [0.15, 0.2) is 24.3 Å². The van der Waals surface area contributed by atoms with Crippen LogP contribution in [0.3, 0.4) is 0 Å². The number of hydrogen-bond donors (Lipinski definition) is 2. The lowest BCUT2D eigenvalue weighted by molar-refractivity contribution is -0.166. The van der Waals surface area contributed by atoms with Gasteiger partial charge < -0.3 is 19.9 Å². The van der Waals surface area contributed by atoms with Crippen molar-refractivity contribution < 1.29 is 27.8 Å². The first-order valence-electron chi connectivity index (χ1n) is 6.63. The average molecular weight is 305 g/mol. The van der Waals surface area contributed by atoms with Crippen LogP contribution in [0.2, 0.25) is 0 Å². The minimum absolute atomic E-state index is 0.0522. The Balaban J connectivity index is 1.79. The molecule has 2 N–H and O–H groups in total. The van der Waals surface area contributed by atoms with Gasteiger partial charge in [-0.2, -0.15) is 13.2 Å². The van der Waals surface area contributed by atoms with Gasteiger partial charge in [0.1, 0.15) is 18.2 Å². The Morgan fingerprint density at radius 2 is 1.90 bits per heavy atom. The Labute approximate surface area is 120 Å². The summed E-state index contributed by atoms with van der Waals surface area (Å²) in [6.45, 7) is -0.282. The first kappa shape index (κ1) is 15.9. The monoisotopic (exact) mass is 305 g/mol. The van der Waals surface area contributed by atoms with Crippen molar-refractivity contribution in [2.45, 2.75) is 30.7 Å². The summed E-state index contributed by atoms with van der Waals surface area (Å²) in [5, 5.41) is 12.1. The van der Waals surface area contributed by atoms with E-state index in [4.69, 9.17) is 9.47 Å². The van der Waals surface area contributed by atoms with Crippen molar-refractivity contribution in [1.29, 1.82) is 0 Å². The number of para-hydroxylation sites is 2.